The van der Waals surface area contributed by atoms with Crippen molar-refractivity contribution in [3.8, 4) is 12.3 Å². The van der Waals surface area contributed by atoms with E-state index in [2.05, 4.69) is 11.2 Å². The van der Waals surface area contributed by atoms with E-state index in [1.165, 1.54) is 0 Å². The predicted octanol–water partition coefficient (Wildman–Crippen LogP) is 1.45. The Kier molecular flexibility index (Phi) is 4.14. The SMILES string of the molecule is C#CC(CC)N1CCC(=O)NC2(CCCCC2)C1=O. The van der Waals surface area contributed by atoms with Crippen molar-refractivity contribution in [1.29, 1.82) is 0 Å². The van der Waals surface area contributed by atoms with Gasteiger partial charge >= 0.3 is 0 Å². The molecule has 0 aromatic rings. The molecule has 0 aromatic heterocycles. The monoisotopic (exact) mass is 262 g/mol. The molecule has 2 rings (SSSR count). The maximum atomic E-state index is 12.8. The largest absolute Gasteiger partial charge is 0.342 e. The molecule has 0 aromatic carbocycles. The minimum absolute atomic E-state index is 0.0235. The molecule has 104 valence electrons. The first-order chi connectivity index (χ1) is 9.13. The first kappa shape index (κ1) is 13.9. The summed E-state index contributed by atoms with van der Waals surface area (Å²) < 4.78 is 0. The normalized spacial score (nSPS) is 24.5. The van der Waals surface area contributed by atoms with Gasteiger partial charge in [-0.05, 0) is 19.3 Å². The summed E-state index contributed by atoms with van der Waals surface area (Å²) in [4.78, 5) is 26.5. The van der Waals surface area contributed by atoms with E-state index in [0.29, 0.717) is 13.0 Å². The molecule has 1 aliphatic carbocycles. The average molecular weight is 262 g/mol. The second-order valence-electron chi connectivity index (χ2n) is 5.53. The van der Waals surface area contributed by atoms with Crippen LogP contribution in [0.2, 0.25) is 0 Å². The van der Waals surface area contributed by atoms with Crippen molar-refractivity contribution in [3.05, 3.63) is 0 Å². The van der Waals surface area contributed by atoms with Gasteiger partial charge in [-0.1, -0.05) is 32.1 Å². The minimum atomic E-state index is -0.684. The van der Waals surface area contributed by atoms with Crippen LogP contribution in [0.1, 0.15) is 51.9 Å². The van der Waals surface area contributed by atoms with Crippen LogP contribution < -0.4 is 5.32 Å². The number of carbonyl (C=O) groups is 2. The molecule has 1 unspecified atom stereocenters. The van der Waals surface area contributed by atoms with Gasteiger partial charge < -0.3 is 10.2 Å². The summed E-state index contributed by atoms with van der Waals surface area (Å²) in [5, 5.41) is 2.98. The van der Waals surface area contributed by atoms with E-state index in [4.69, 9.17) is 6.42 Å². The molecule has 1 spiro atoms. The van der Waals surface area contributed by atoms with E-state index in [9.17, 15) is 9.59 Å². The van der Waals surface area contributed by atoms with Crippen molar-refractivity contribution >= 4 is 11.8 Å². The van der Waals surface area contributed by atoms with Gasteiger partial charge in [-0.15, -0.1) is 6.42 Å². The molecule has 1 saturated carbocycles. The Hall–Kier alpha value is -1.50. The highest BCUT2D eigenvalue weighted by molar-refractivity contribution is 5.94. The van der Waals surface area contributed by atoms with Gasteiger partial charge in [-0.3, -0.25) is 9.59 Å². The summed E-state index contributed by atoms with van der Waals surface area (Å²) >= 11 is 0. The number of amides is 2. The lowest BCUT2D eigenvalue weighted by molar-refractivity contribution is -0.141. The molecule has 1 heterocycles. The first-order valence-electron chi connectivity index (χ1n) is 7.21. The molecule has 0 radical (unpaired) electrons. The van der Waals surface area contributed by atoms with Crippen LogP contribution in [-0.2, 0) is 9.59 Å². The highest BCUT2D eigenvalue weighted by Gasteiger charge is 2.46. The third kappa shape index (κ3) is 2.60. The zero-order valence-electron chi connectivity index (χ0n) is 11.6. The van der Waals surface area contributed by atoms with Gasteiger partial charge in [0.05, 0.1) is 6.04 Å². The van der Waals surface area contributed by atoms with E-state index in [1.54, 1.807) is 4.90 Å². The molecule has 1 saturated heterocycles. The summed E-state index contributed by atoms with van der Waals surface area (Å²) in [6.07, 6.45) is 11.2. The predicted molar refractivity (Wildman–Crippen MR) is 73.2 cm³/mol. The van der Waals surface area contributed by atoms with Crippen molar-refractivity contribution in [2.45, 2.75) is 63.5 Å². The molecule has 1 aliphatic heterocycles. The van der Waals surface area contributed by atoms with Crippen LogP contribution in [0.25, 0.3) is 0 Å². The molecule has 19 heavy (non-hydrogen) atoms. The van der Waals surface area contributed by atoms with E-state index in [1.807, 2.05) is 6.92 Å². The first-order valence-corrected chi connectivity index (χ1v) is 7.21. The van der Waals surface area contributed by atoms with E-state index in [0.717, 1.165) is 38.5 Å². The highest BCUT2D eigenvalue weighted by Crippen LogP contribution is 2.32. The zero-order chi connectivity index (χ0) is 13.9. The van der Waals surface area contributed by atoms with Crippen molar-refractivity contribution in [2.75, 3.05) is 6.54 Å². The third-order valence-electron chi connectivity index (χ3n) is 4.29. The maximum Gasteiger partial charge on any atom is 0.249 e. The van der Waals surface area contributed by atoms with Crippen LogP contribution in [0.5, 0.6) is 0 Å². The van der Waals surface area contributed by atoms with E-state index >= 15 is 0 Å². The summed E-state index contributed by atoms with van der Waals surface area (Å²) in [5.41, 5.74) is -0.684. The quantitative estimate of drug-likeness (QED) is 0.766. The van der Waals surface area contributed by atoms with Crippen LogP contribution in [0.15, 0.2) is 0 Å². The average Bonchev–Trinajstić information content (AvgIpc) is 2.53. The summed E-state index contributed by atoms with van der Waals surface area (Å²) in [5.74, 6) is 2.69. The van der Waals surface area contributed by atoms with Crippen LogP contribution in [0.3, 0.4) is 0 Å². The van der Waals surface area contributed by atoms with E-state index < -0.39 is 5.54 Å². The molecular weight excluding hydrogens is 240 g/mol. The fourth-order valence-electron chi connectivity index (χ4n) is 3.20. The van der Waals surface area contributed by atoms with Crippen LogP contribution >= 0.6 is 0 Å². The van der Waals surface area contributed by atoms with Crippen LogP contribution in [0.4, 0.5) is 0 Å². The summed E-state index contributed by atoms with van der Waals surface area (Å²) in [6.45, 7) is 2.42. The zero-order valence-corrected chi connectivity index (χ0v) is 11.6. The van der Waals surface area contributed by atoms with Gasteiger partial charge in [0.1, 0.15) is 5.54 Å². The topological polar surface area (TPSA) is 49.4 Å². The van der Waals surface area contributed by atoms with E-state index in [-0.39, 0.29) is 17.9 Å². The highest BCUT2D eigenvalue weighted by atomic mass is 16.2. The molecule has 2 aliphatic rings. The number of hydrogen-bond acceptors (Lipinski definition) is 2. The lowest BCUT2D eigenvalue weighted by Crippen LogP contribution is -2.59. The van der Waals surface area contributed by atoms with Gasteiger partial charge in [0.2, 0.25) is 11.8 Å². The second kappa shape index (κ2) is 5.64. The van der Waals surface area contributed by atoms with Gasteiger partial charge in [0.15, 0.2) is 0 Å². The number of terminal acetylenes is 1. The van der Waals surface area contributed by atoms with Crippen molar-refractivity contribution in [3.63, 3.8) is 0 Å². The lowest BCUT2D eigenvalue weighted by Gasteiger charge is -2.39. The second-order valence-corrected chi connectivity index (χ2v) is 5.53. The standard InChI is InChI=1S/C15H22N2O2/c1-3-12(4-2)17-11-8-13(18)16-15(14(17)19)9-6-5-7-10-15/h1,12H,4-11H2,2H3,(H,16,18). The molecule has 2 amide bonds. The fraction of sp³-hybridized carbons (Fsp3) is 0.733. The molecule has 4 heteroatoms. The Bertz CT molecular complexity index is 405. The summed E-state index contributed by atoms with van der Waals surface area (Å²) in [6, 6.07) is -0.195. The smallest absolute Gasteiger partial charge is 0.249 e. The number of carbonyl (C=O) groups excluding carboxylic acids is 2. The molecule has 4 nitrogen and oxygen atoms in total. The van der Waals surface area contributed by atoms with Crippen LogP contribution in [-0.4, -0.2) is 34.8 Å². The molecule has 2 fully saturated rings. The lowest BCUT2D eigenvalue weighted by atomic mass is 9.80. The Labute approximate surface area is 114 Å². The van der Waals surface area contributed by atoms with Crippen LogP contribution in [0, 0.1) is 12.3 Å². The maximum absolute atomic E-state index is 12.8. The Morgan fingerprint density at radius 3 is 2.63 bits per heavy atom. The van der Waals surface area contributed by atoms with Crippen molar-refractivity contribution in [2.24, 2.45) is 0 Å². The minimum Gasteiger partial charge on any atom is -0.342 e. The summed E-state index contributed by atoms with van der Waals surface area (Å²) in [7, 11) is 0. The fourth-order valence-corrected chi connectivity index (χ4v) is 3.20. The number of hydrogen-bond donors (Lipinski definition) is 1. The Balaban J connectivity index is 2.29. The molecule has 1 atom stereocenters. The molecular formula is C15H22N2O2. The Morgan fingerprint density at radius 2 is 2.05 bits per heavy atom. The molecule has 1 N–H and O–H groups in total. The van der Waals surface area contributed by atoms with Gasteiger partial charge in [0, 0.05) is 13.0 Å². The van der Waals surface area contributed by atoms with Gasteiger partial charge in [-0.2, -0.15) is 0 Å². The number of rotatable bonds is 2. The van der Waals surface area contributed by atoms with Crippen molar-refractivity contribution < 1.29 is 9.59 Å². The van der Waals surface area contributed by atoms with Crippen molar-refractivity contribution in [1.82, 2.24) is 10.2 Å². The third-order valence-corrected chi connectivity index (χ3v) is 4.29. The van der Waals surface area contributed by atoms with Gasteiger partial charge in [0.25, 0.3) is 0 Å². The number of nitrogens with zero attached hydrogens (tertiary/aromatic N) is 1. The Morgan fingerprint density at radius 1 is 1.37 bits per heavy atom. The molecule has 0 bridgehead atoms. The van der Waals surface area contributed by atoms with Gasteiger partial charge in [-0.25, -0.2) is 0 Å². The number of nitrogens with one attached hydrogen (secondary N) is 1.